The van der Waals surface area contributed by atoms with Crippen LogP contribution in [0.25, 0.3) is 0 Å². The summed E-state index contributed by atoms with van der Waals surface area (Å²) < 4.78 is 19.6. The lowest BCUT2D eigenvalue weighted by molar-refractivity contribution is -0.0647. The molecule has 2 heterocycles. The Kier molecular flexibility index (Phi) is 8.60. The van der Waals surface area contributed by atoms with Gasteiger partial charge in [-0.15, -0.1) is 0 Å². The van der Waals surface area contributed by atoms with E-state index in [0.29, 0.717) is 30.2 Å². The van der Waals surface area contributed by atoms with Crippen molar-refractivity contribution in [2.75, 3.05) is 19.7 Å². The largest absolute Gasteiger partial charge is 0.468 e. The lowest BCUT2D eigenvalue weighted by atomic mass is 10.1. The van der Waals surface area contributed by atoms with E-state index < -0.39 is 18.0 Å². The van der Waals surface area contributed by atoms with Crippen molar-refractivity contribution in [2.24, 2.45) is 0 Å². The lowest BCUT2D eigenvalue weighted by Gasteiger charge is -2.24. The van der Waals surface area contributed by atoms with Gasteiger partial charge in [0.25, 0.3) is 10.7 Å². The van der Waals surface area contributed by atoms with Crippen molar-refractivity contribution in [1.29, 1.82) is 0 Å². The highest BCUT2D eigenvalue weighted by atomic mass is 32.1. The van der Waals surface area contributed by atoms with Crippen LogP contribution in [0.2, 0.25) is 0 Å². The summed E-state index contributed by atoms with van der Waals surface area (Å²) in [6, 6.07) is 9.86. The molecule has 0 spiro atoms. The number of hydrogen-bond donors (Lipinski definition) is 1. The van der Waals surface area contributed by atoms with Gasteiger partial charge in [-0.25, -0.2) is 4.79 Å². The first-order valence-corrected chi connectivity index (χ1v) is 11.4. The first-order chi connectivity index (χ1) is 15.5. The van der Waals surface area contributed by atoms with Gasteiger partial charge in [0.1, 0.15) is 18.9 Å². The average Bonchev–Trinajstić information content (AvgIpc) is 3.20. The van der Waals surface area contributed by atoms with Crippen molar-refractivity contribution in [3.05, 3.63) is 68.5 Å². The van der Waals surface area contributed by atoms with Gasteiger partial charge in [0.2, 0.25) is 0 Å². The van der Waals surface area contributed by atoms with Gasteiger partial charge in [0.15, 0.2) is 0 Å². The number of H-pyrrole nitrogens is 1. The topological polar surface area (TPSA) is 85.8 Å². The number of nitrogens with zero attached hydrogens (tertiary/aromatic N) is 2. The molecule has 174 valence electrons. The maximum atomic E-state index is 12.4. The van der Waals surface area contributed by atoms with Crippen LogP contribution >= 0.6 is 12.2 Å². The number of hydrogen-bond acceptors (Lipinski definition) is 6. The number of ether oxygens (including phenoxy) is 3. The molecule has 0 unspecified atom stereocenters. The molecule has 0 amide bonds. The Morgan fingerprint density at radius 3 is 2.59 bits per heavy atom. The molecule has 1 aliphatic heterocycles. The SMILES string of the molecule is CCc1cn([C@@H]2C[C@H](OCc3ccccc3)[C@@H](COC(=S)N(CC)CC)O2)c(=O)[nH]c1=O. The van der Waals surface area contributed by atoms with Crippen LogP contribution in [-0.4, -0.2) is 51.5 Å². The number of aryl methyl sites for hydroxylation is 1. The summed E-state index contributed by atoms with van der Waals surface area (Å²) in [6.45, 7) is 8.03. The van der Waals surface area contributed by atoms with Crippen LogP contribution < -0.4 is 11.2 Å². The molecule has 1 aromatic carbocycles. The van der Waals surface area contributed by atoms with Gasteiger partial charge < -0.3 is 19.1 Å². The zero-order valence-corrected chi connectivity index (χ0v) is 19.6. The molecule has 8 nitrogen and oxygen atoms in total. The quantitative estimate of drug-likeness (QED) is 0.575. The second-order valence-corrected chi connectivity index (χ2v) is 7.97. The number of rotatable bonds is 9. The Labute approximate surface area is 193 Å². The van der Waals surface area contributed by atoms with Gasteiger partial charge >= 0.3 is 5.69 Å². The summed E-state index contributed by atoms with van der Waals surface area (Å²) in [5.74, 6) is 0. The highest BCUT2D eigenvalue weighted by molar-refractivity contribution is 7.80. The first kappa shape index (κ1) is 24.2. The van der Waals surface area contributed by atoms with E-state index in [-0.39, 0.29) is 18.3 Å². The highest BCUT2D eigenvalue weighted by Gasteiger charge is 2.38. The molecular formula is C23H31N3O5S. The molecule has 3 atom stereocenters. The molecular weight excluding hydrogens is 430 g/mol. The fourth-order valence-electron chi connectivity index (χ4n) is 3.69. The third-order valence-corrected chi connectivity index (χ3v) is 5.99. The van der Waals surface area contributed by atoms with Crippen molar-refractivity contribution in [3.63, 3.8) is 0 Å². The second kappa shape index (κ2) is 11.4. The minimum Gasteiger partial charge on any atom is -0.468 e. The van der Waals surface area contributed by atoms with Gasteiger partial charge in [0, 0.05) is 31.3 Å². The molecule has 1 aromatic heterocycles. The summed E-state index contributed by atoms with van der Waals surface area (Å²) in [5, 5.41) is 0.415. The molecule has 3 rings (SSSR count). The van der Waals surface area contributed by atoms with E-state index in [2.05, 4.69) is 4.98 Å². The summed E-state index contributed by atoms with van der Waals surface area (Å²) in [6.07, 6.45) is 1.25. The van der Waals surface area contributed by atoms with Crippen LogP contribution in [0.5, 0.6) is 0 Å². The molecule has 1 aliphatic rings. The zero-order chi connectivity index (χ0) is 23.1. The Bertz CT molecular complexity index is 1000. The number of thiocarbonyl (C=S) groups is 1. The molecule has 0 aliphatic carbocycles. The summed E-state index contributed by atoms with van der Waals surface area (Å²) in [7, 11) is 0. The van der Waals surface area contributed by atoms with Crippen LogP contribution in [0.1, 0.15) is 44.5 Å². The molecule has 1 fully saturated rings. The molecule has 0 radical (unpaired) electrons. The third-order valence-electron chi connectivity index (χ3n) is 5.61. The van der Waals surface area contributed by atoms with E-state index in [9.17, 15) is 9.59 Å². The molecule has 1 N–H and O–H groups in total. The van der Waals surface area contributed by atoms with Gasteiger partial charge in [0.05, 0.1) is 12.7 Å². The van der Waals surface area contributed by atoms with Crippen LogP contribution in [0.3, 0.4) is 0 Å². The highest BCUT2D eigenvalue weighted by Crippen LogP contribution is 2.31. The van der Waals surface area contributed by atoms with Gasteiger partial charge in [-0.2, -0.15) is 0 Å². The third kappa shape index (κ3) is 5.85. The summed E-state index contributed by atoms with van der Waals surface area (Å²) in [4.78, 5) is 28.7. The molecule has 0 saturated carbocycles. The van der Waals surface area contributed by atoms with Crippen molar-refractivity contribution < 1.29 is 14.2 Å². The second-order valence-electron chi connectivity index (χ2n) is 7.62. The normalized spacial score (nSPS) is 20.3. The monoisotopic (exact) mass is 461 g/mol. The van der Waals surface area contributed by atoms with E-state index in [1.165, 1.54) is 4.57 Å². The molecule has 32 heavy (non-hydrogen) atoms. The Balaban J connectivity index is 1.76. The van der Waals surface area contributed by atoms with Crippen LogP contribution in [0.15, 0.2) is 46.1 Å². The van der Waals surface area contributed by atoms with E-state index in [1.807, 2.05) is 56.0 Å². The van der Waals surface area contributed by atoms with Crippen LogP contribution in [0.4, 0.5) is 0 Å². The van der Waals surface area contributed by atoms with Crippen molar-refractivity contribution in [2.45, 2.75) is 58.7 Å². The van der Waals surface area contributed by atoms with E-state index in [4.69, 9.17) is 26.4 Å². The smallest absolute Gasteiger partial charge is 0.330 e. The van der Waals surface area contributed by atoms with Gasteiger partial charge in [-0.05, 0) is 38.0 Å². The van der Waals surface area contributed by atoms with Crippen molar-refractivity contribution >= 4 is 17.4 Å². The van der Waals surface area contributed by atoms with E-state index in [0.717, 1.165) is 18.7 Å². The minimum absolute atomic E-state index is 0.212. The predicted octanol–water partition coefficient (Wildman–Crippen LogP) is 2.62. The zero-order valence-electron chi connectivity index (χ0n) is 18.8. The standard InChI is InChI=1S/C23H31N3O5S/c1-4-17-13-26(22(28)24-21(17)27)20-12-18(29-14-16-10-8-7-9-11-16)19(31-20)15-30-23(32)25(5-2)6-3/h7-11,13,18-20H,4-6,12,14-15H2,1-3H3,(H,24,27,28)/t18-,19+,20-/m0/s1. The van der Waals surface area contributed by atoms with E-state index >= 15 is 0 Å². The fraction of sp³-hybridized carbons (Fsp3) is 0.522. The average molecular weight is 462 g/mol. The predicted molar refractivity (Wildman–Crippen MR) is 126 cm³/mol. The number of aromatic nitrogens is 2. The van der Waals surface area contributed by atoms with E-state index in [1.54, 1.807) is 6.20 Å². The number of benzene rings is 1. The van der Waals surface area contributed by atoms with Crippen molar-refractivity contribution in [3.8, 4) is 0 Å². The molecule has 2 aromatic rings. The summed E-state index contributed by atoms with van der Waals surface area (Å²) >= 11 is 5.39. The Morgan fingerprint density at radius 2 is 1.94 bits per heavy atom. The van der Waals surface area contributed by atoms with Gasteiger partial charge in [-0.1, -0.05) is 37.3 Å². The molecule has 9 heteroatoms. The molecule has 1 saturated heterocycles. The fourth-order valence-corrected chi connectivity index (χ4v) is 4.02. The van der Waals surface area contributed by atoms with Crippen LogP contribution in [0, 0.1) is 0 Å². The molecule has 0 bridgehead atoms. The first-order valence-electron chi connectivity index (χ1n) is 11.0. The minimum atomic E-state index is -0.568. The number of nitrogens with one attached hydrogen (secondary N) is 1. The number of aromatic amines is 1. The maximum absolute atomic E-state index is 12.4. The van der Waals surface area contributed by atoms with Crippen LogP contribution in [-0.2, 0) is 27.2 Å². The van der Waals surface area contributed by atoms with Gasteiger partial charge in [-0.3, -0.25) is 14.3 Å². The Morgan fingerprint density at radius 1 is 1.22 bits per heavy atom. The maximum Gasteiger partial charge on any atom is 0.330 e. The lowest BCUT2D eigenvalue weighted by Crippen LogP contribution is -2.36. The Hall–Kier alpha value is -2.49. The van der Waals surface area contributed by atoms with Crippen molar-refractivity contribution in [1.82, 2.24) is 14.5 Å². The summed E-state index contributed by atoms with van der Waals surface area (Å²) in [5.41, 5.74) is 0.702.